The van der Waals surface area contributed by atoms with Gasteiger partial charge in [0.2, 0.25) is 0 Å². The van der Waals surface area contributed by atoms with Gasteiger partial charge in [0.05, 0.1) is 0 Å². The third-order valence-corrected chi connectivity index (χ3v) is 3.90. The van der Waals surface area contributed by atoms with Crippen LogP contribution in [0.25, 0.3) is 0 Å². The lowest BCUT2D eigenvalue weighted by molar-refractivity contribution is 0.201. The monoisotopic (exact) mass is 307 g/mol. The first-order valence-corrected chi connectivity index (χ1v) is 7.76. The maximum absolute atomic E-state index is 11.9. The molecule has 1 unspecified atom stereocenters. The number of rotatable bonds is 8. The zero-order chi connectivity index (χ0) is 16.6. The quantitative estimate of drug-likeness (QED) is 0.690. The second-order valence-corrected chi connectivity index (χ2v) is 6.50. The fourth-order valence-electron chi connectivity index (χ4n) is 2.07. The number of amides is 2. The van der Waals surface area contributed by atoms with E-state index in [4.69, 9.17) is 5.11 Å². The molecule has 2 amide bonds. The van der Waals surface area contributed by atoms with E-state index in [2.05, 4.69) is 22.5 Å². The van der Waals surface area contributed by atoms with Gasteiger partial charge in [-0.25, -0.2) is 4.79 Å². The SMILES string of the molecule is CC(CNC(=O)NCC(C)(C)CCO)N(C)c1ccccc1. The molecule has 0 spiro atoms. The lowest BCUT2D eigenvalue weighted by atomic mass is 9.90. The van der Waals surface area contributed by atoms with E-state index in [0.717, 1.165) is 5.69 Å². The van der Waals surface area contributed by atoms with Crippen LogP contribution in [0.1, 0.15) is 27.2 Å². The lowest BCUT2D eigenvalue weighted by Gasteiger charge is -2.28. The summed E-state index contributed by atoms with van der Waals surface area (Å²) in [6.07, 6.45) is 0.667. The molecule has 0 aliphatic heterocycles. The van der Waals surface area contributed by atoms with Gasteiger partial charge in [-0.1, -0.05) is 32.0 Å². The molecule has 0 aliphatic carbocycles. The Kier molecular flexibility index (Phi) is 7.18. The lowest BCUT2D eigenvalue weighted by Crippen LogP contribution is -2.46. The van der Waals surface area contributed by atoms with Crippen LogP contribution in [0, 0.1) is 5.41 Å². The molecule has 0 heterocycles. The van der Waals surface area contributed by atoms with Crippen molar-refractivity contribution in [2.24, 2.45) is 5.41 Å². The predicted octanol–water partition coefficient (Wildman–Crippen LogP) is 2.22. The Balaban J connectivity index is 2.34. The van der Waals surface area contributed by atoms with Crippen molar-refractivity contribution in [3.8, 4) is 0 Å². The smallest absolute Gasteiger partial charge is 0.314 e. The number of carbonyl (C=O) groups excluding carboxylic acids is 1. The van der Waals surface area contributed by atoms with Gasteiger partial charge in [0.15, 0.2) is 0 Å². The number of hydrogen-bond donors (Lipinski definition) is 3. The van der Waals surface area contributed by atoms with Crippen LogP contribution >= 0.6 is 0 Å². The van der Waals surface area contributed by atoms with Crippen molar-refractivity contribution < 1.29 is 9.90 Å². The van der Waals surface area contributed by atoms with Crippen LogP contribution < -0.4 is 15.5 Å². The molecular formula is C17H29N3O2. The third kappa shape index (κ3) is 6.35. The van der Waals surface area contributed by atoms with E-state index in [1.54, 1.807) is 0 Å². The Morgan fingerprint density at radius 3 is 2.50 bits per heavy atom. The molecule has 0 saturated carbocycles. The fraction of sp³-hybridized carbons (Fsp3) is 0.588. The summed E-state index contributed by atoms with van der Waals surface area (Å²) in [7, 11) is 2.02. The number of nitrogens with zero attached hydrogens (tertiary/aromatic N) is 1. The minimum atomic E-state index is -0.167. The summed E-state index contributed by atoms with van der Waals surface area (Å²) in [6.45, 7) is 7.36. The Morgan fingerprint density at radius 2 is 1.91 bits per heavy atom. The molecule has 1 aromatic rings. The molecule has 0 fully saturated rings. The third-order valence-electron chi connectivity index (χ3n) is 3.90. The molecule has 3 N–H and O–H groups in total. The summed E-state index contributed by atoms with van der Waals surface area (Å²) in [5.74, 6) is 0. The Bertz CT molecular complexity index is 448. The molecule has 1 rings (SSSR count). The van der Waals surface area contributed by atoms with Crippen LogP contribution in [0.15, 0.2) is 30.3 Å². The number of hydrogen-bond acceptors (Lipinski definition) is 3. The highest BCUT2D eigenvalue weighted by Crippen LogP contribution is 2.17. The van der Waals surface area contributed by atoms with Gasteiger partial charge in [0, 0.05) is 38.5 Å². The number of para-hydroxylation sites is 1. The van der Waals surface area contributed by atoms with E-state index in [1.165, 1.54) is 0 Å². The average Bonchev–Trinajstić information content (AvgIpc) is 2.50. The van der Waals surface area contributed by atoms with Gasteiger partial charge < -0.3 is 20.6 Å². The van der Waals surface area contributed by atoms with Gasteiger partial charge in [0.1, 0.15) is 0 Å². The van der Waals surface area contributed by atoms with Gasteiger partial charge in [-0.05, 0) is 30.9 Å². The maximum Gasteiger partial charge on any atom is 0.314 e. The minimum Gasteiger partial charge on any atom is -0.396 e. The van der Waals surface area contributed by atoms with Gasteiger partial charge in [0.25, 0.3) is 0 Å². The first-order chi connectivity index (χ1) is 10.4. The molecule has 1 atom stereocenters. The predicted molar refractivity (Wildman–Crippen MR) is 91.2 cm³/mol. The summed E-state index contributed by atoms with van der Waals surface area (Å²) in [5, 5.41) is 14.7. The molecule has 1 aromatic carbocycles. The van der Waals surface area contributed by atoms with Crippen molar-refractivity contribution in [1.82, 2.24) is 10.6 Å². The van der Waals surface area contributed by atoms with E-state index >= 15 is 0 Å². The average molecular weight is 307 g/mol. The van der Waals surface area contributed by atoms with E-state index in [-0.39, 0.29) is 24.1 Å². The van der Waals surface area contributed by atoms with Crippen molar-refractivity contribution >= 4 is 11.7 Å². The van der Waals surface area contributed by atoms with Crippen molar-refractivity contribution in [1.29, 1.82) is 0 Å². The largest absolute Gasteiger partial charge is 0.396 e. The van der Waals surface area contributed by atoms with E-state index < -0.39 is 0 Å². The number of nitrogens with one attached hydrogen (secondary N) is 2. The van der Waals surface area contributed by atoms with Crippen molar-refractivity contribution in [3.05, 3.63) is 30.3 Å². The van der Waals surface area contributed by atoms with Crippen LogP contribution in [0.2, 0.25) is 0 Å². The molecule has 0 radical (unpaired) electrons. The second-order valence-electron chi connectivity index (χ2n) is 6.50. The topological polar surface area (TPSA) is 64.6 Å². The first kappa shape index (κ1) is 18.3. The maximum atomic E-state index is 11.9. The molecule has 0 aliphatic rings. The molecule has 124 valence electrons. The number of carbonyl (C=O) groups is 1. The second kappa shape index (κ2) is 8.63. The summed E-state index contributed by atoms with van der Waals surface area (Å²) >= 11 is 0. The van der Waals surface area contributed by atoms with Crippen LogP contribution in [-0.4, -0.2) is 43.9 Å². The number of aliphatic hydroxyl groups is 1. The zero-order valence-corrected chi connectivity index (χ0v) is 14.1. The standard InChI is InChI=1S/C17H29N3O2/c1-14(20(4)15-8-6-5-7-9-15)12-18-16(22)19-13-17(2,3)10-11-21/h5-9,14,21H,10-13H2,1-4H3,(H2,18,19,22). The molecule has 0 saturated heterocycles. The van der Waals surface area contributed by atoms with Crippen LogP contribution in [0.3, 0.4) is 0 Å². The van der Waals surface area contributed by atoms with Gasteiger partial charge in [-0.3, -0.25) is 0 Å². The van der Waals surface area contributed by atoms with Crippen molar-refractivity contribution in [2.45, 2.75) is 33.2 Å². The van der Waals surface area contributed by atoms with E-state index in [1.807, 2.05) is 51.2 Å². The number of anilines is 1. The fourth-order valence-corrected chi connectivity index (χ4v) is 2.07. The Morgan fingerprint density at radius 1 is 1.27 bits per heavy atom. The molecule has 22 heavy (non-hydrogen) atoms. The first-order valence-electron chi connectivity index (χ1n) is 7.76. The highest BCUT2D eigenvalue weighted by atomic mass is 16.3. The molecule has 0 bridgehead atoms. The minimum absolute atomic E-state index is 0.0987. The van der Waals surface area contributed by atoms with Gasteiger partial charge in [-0.2, -0.15) is 0 Å². The van der Waals surface area contributed by atoms with Gasteiger partial charge >= 0.3 is 6.03 Å². The molecular weight excluding hydrogens is 278 g/mol. The number of benzene rings is 1. The summed E-state index contributed by atoms with van der Waals surface area (Å²) in [4.78, 5) is 14.0. The number of urea groups is 1. The van der Waals surface area contributed by atoms with Gasteiger partial charge in [-0.15, -0.1) is 0 Å². The summed E-state index contributed by atoms with van der Waals surface area (Å²) < 4.78 is 0. The van der Waals surface area contributed by atoms with Crippen molar-refractivity contribution in [2.75, 3.05) is 31.6 Å². The number of likely N-dealkylation sites (N-methyl/N-ethyl adjacent to an activating group) is 1. The highest BCUT2D eigenvalue weighted by Gasteiger charge is 2.18. The molecule has 0 aromatic heterocycles. The zero-order valence-electron chi connectivity index (χ0n) is 14.1. The van der Waals surface area contributed by atoms with Crippen LogP contribution in [0.5, 0.6) is 0 Å². The summed E-state index contributed by atoms with van der Waals surface area (Å²) in [5.41, 5.74) is 1.03. The van der Waals surface area contributed by atoms with Crippen LogP contribution in [-0.2, 0) is 0 Å². The number of aliphatic hydroxyl groups excluding tert-OH is 1. The Labute approximate surface area is 133 Å². The highest BCUT2D eigenvalue weighted by molar-refractivity contribution is 5.73. The summed E-state index contributed by atoms with van der Waals surface area (Å²) in [6, 6.07) is 10.1. The van der Waals surface area contributed by atoms with E-state index in [0.29, 0.717) is 19.5 Å². The van der Waals surface area contributed by atoms with Crippen LogP contribution in [0.4, 0.5) is 10.5 Å². The van der Waals surface area contributed by atoms with Crippen molar-refractivity contribution in [3.63, 3.8) is 0 Å². The Hall–Kier alpha value is -1.75. The molecule has 5 heteroatoms. The molecule has 5 nitrogen and oxygen atoms in total. The normalized spacial score (nSPS) is 12.6. The van der Waals surface area contributed by atoms with E-state index in [9.17, 15) is 4.79 Å².